The van der Waals surface area contributed by atoms with Crippen molar-refractivity contribution in [2.45, 2.75) is 26.4 Å². The fourth-order valence-electron chi connectivity index (χ4n) is 1.87. The number of carbonyl (C=O) groups is 1. The molecular formula is C13H18N4O2S. The smallest absolute Gasteiger partial charge is 0.268 e. The lowest BCUT2D eigenvalue weighted by molar-refractivity contribution is -0.134. The van der Waals surface area contributed by atoms with Crippen LogP contribution in [0.5, 0.6) is 0 Å². The number of thiophene rings is 1. The second-order valence-corrected chi connectivity index (χ2v) is 5.91. The number of nitrogens with two attached hydrogens (primary N) is 1. The molecule has 6 nitrogen and oxygen atoms in total. The maximum Gasteiger partial charge on any atom is 0.268 e. The Morgan fingerprint density at radius 2 is 2.25 bits per heavy atom. The summed E-state index contributed by atoms with van der Waals surface area (Å²) in [5.74, 6) is 0.151. The van der Waals surface area contributed by atoms with Gasteiger partial charge in [-0.05, 0) is 18.4 Å². The lowest BCUT2D eigenvalue weighted by atomic mass is 10.0. The van der Waals surface area contributed by atoms with Crippen molar-refractivity contribution in [1.82, 2.24) is 14.9 Å². The van der Waals surface area contributed by atoms with Crippen molar-refractivity contribution in [3.05, 3.63) is 27.6 Å². The Bertz CT molecular complexity index is 676. The average Bonchev–Trinajstić information content (AvgIpc) is 2.85. The first-order valence-electron chi connectivity index (χ1n) is 6.37. The number of H-pyrrole nitrogens is 1. The Labute approximate surface area is 120 Å². The van der Waals surface area contributed by atoms with Gasteiger partial charge in [0.25, 0.3) is 5.56 Å². The van der Waals surface area contributed by atoms with Crippen molar-refractivity contribution >= 4 is 27.5 Å². The van der Waals surface area contributed by atoms with Crippen molar-refractivity contribution in [3.8, 4) is 0 Å². The number of hydrogen-bond acceptors (Lipinski definition) is 5. The summed E-state index contributed by atoms with van der Waals surface area (Å²) in [6, 6.07) is 1.59. The molecule has 0 radical (unpaired) electrons. The van der Waals surface area contributed by atoms with Crippen LogP contribution in [0.3, 0.4) is 0 Å². The minimum atomic E-state index is -0.267. The van der Waals surface area contributed by atoms with Gasteiger partial charge in [-0.2, -0.15) is 0 Å². The van der Waals surface area contributed by atoms with Gasteiger partial charge in [0.1, 0.15) is 10.5 Å². The maximum atomic E-state index is 12.1. The normalized spacial score (nSPS) is 14.2. The van der Waals surface area contributed by atoms with Gasteiger partial charge in [0, 0.05) is 13.1 Å². The third-order valence-corrected chi connectivity index (χ3v) is 4.21. The van der Waals surface area contributed by atoms with Gasteiger partial charge < -0.3 is 15.6 Å². The summed E-state index contributed by atoms with van der Waals surface area (Å²) < 4.78 is 0.603. The summed E-state index contributed by atoms with van der Waals surface area (Å²) in [6.07, 6.45) is 0. The second kappa shape index (κ2) is 5.72. The zero-order valence-electron chi connectivity index (χ0n) is 11.7. The Hall–Kier alpha value is -1.73. The second-order valence-electron chi connectivity index (χ2n) is 4.99. The average molecular weight is 294 g/mol. The van der Waals surface area contributed by atoms with Crippen molar-refractivity contribution in [1.29, 1.82) is 0 Å². The predicted octanol–water partition coefficient (Wildman–Crippen LogP) is 0.926. The summed E-state index contributed by atoms with van der Waals surface area (Å²) in [4.78, 5) is 32.6. The molecule has 0 spiro atoms. The molecular weight excluding hydrogens is 276 g/mol. The number of aromatic amines is 1. The summed E-state index contributed by atoms with van der Waals surface area (Å²) in [7, 11) is 1.68. The van der Waals surface area contributed by atoms with Gasteiger partial charge in [-0.1, -0.05) is 6.92 Å². The van der Waals surface area contributed by atoms with Gasteiger partial charge in [-0.25, -0.2) is 4.98 Å². The third kappa shape index (κ3) is 2.88. The first-order valence-corrected chi connectivity index (χ1v) is 7.25. The Morgan fingerprint density at radius 1 is 1.55 bits per heavy atom. The van der Waals surface area contributed by atoms with E-state index in [-0.39, 0.29) is 30.0 Å². The van der Waals surface area contributed by atoms with Crippen LogP contribution in [0.15, 0.2) is 16.2 Å². The number of hydrogen-bond donors (Lipinski definition) is 2. The number of aromatic nitrogens is 2. The molecule has 20 heavy (non-hydrogen) atoms. The van der Waals surface area contributed by atoms with Crippen LogP contribution in [0, 0.1) is 5.92 Å². The van der Waals surface area contributed by atoms with Crippen LogP contribution < -0.4 is 11.3 Å². The van der Waals surface area contributed by atoms with E-state index in [0.717, 1.165) is 0 Å². The number of rotatable bonds is 4. The van der Waals surface area contributed by atoms with Crippen LogP contribution in [0.25, 0.3) is 10.2 Å². The molecule has 2 heterocycles. The third-order valence-electron chi connectivity index (χ3n) is 3.31. The van der Waals surface area contributed by atoms with Gasteiger partial charge >= 0.3 is 0 Å². The van der Waals surface area contributed by atoms with E-state index in [1.807, 2.05) is 5.38 Å². The molecule has 2 unspecified atom stereocenters. The fourth-order valence-corrected chi connectivity index (χ4v) is 2.60. The maximum absolute atomic E-state index is 12.1. The van der Waals surface area contributed by atoms with E-state index in [1.54, 1.807) is 27.0 Å². The van der Waals surface area contributed by atoms with Crippen molar-refractivity contribution in [2.24, 2.45) is 11.7 Å². The van der Waals surface area contributed by atoms with E-state index in [1.165, 1.54) is 16.2 Å². The van der Waals surface area contributed by atoms with E-state index in [9.17, 15) is 9.59 Å². The van der Waals surface area contributed by atoms with Crippen LogP contribution in [0.4, 0.5) is 0 Å². The highest BCUT2D eigenvalue weighted by atomic mass is 32.1. The molecule has 2 atom stereocenters. The predicted molar refractivity (Wildman–Crippen MR) is 79.5 cm³/mol. The lowest BCUT2D eigenvalue weighted by Crippen LogP contribution is -2.39. The zero-order valence-corrected chi connectivity index (χ0v) is 12.5. The molecule has 0 saturated heterocycles. The number of nitrogens with zero attached hydrogens (tertiary/aromatic N) is 2. The minimum Gasteiger partial charge on any atom is -0.338 e. The highest BCUT2D eigenvalue weighted by molar-refractivity contribution is 7.17. The van der Waals surface area contributed by atoms with Gasteiger partial charge in [0.15, 0.2) is 0 Å². The molecule has 1 amide bonds. The molecule has 3 N–H and O–H groups in total. The first-order chi connectivity index (χ1) is 9.40. The van der Waals surface area contributed by atoms with Crippen LogP contribution in [-0.2, 0) is 11.3 Å². The molecule has 0 aliphatic rings. The summed E-state index contributed by atoms with van der Waals surface area (Å²) in [6.45, 7) is 3.85. The molecule has 7 heteroatoms. The molecule has 2 aromatic heterocycles. The lowest BCUT2D eigenvalue weighted by Gasteiger charge is -2.22. The Balaban J connectivity index is 2.19. The SMILES string of the molecule is CC(N)C(C)C(=O)N(C)Cc1nc2ccsc2c(=O)[nH]1. The summed E-state index contributed by atoms with van der Waals surface area (Å²) in [5, 5.41) is 1.82. The molecule has 2 aromatic rings. The molecule has 0 aromatic carbocycles. The standard InChI is InChI=1S/C13H18N4O2S/c1-7(8(2)14)13(19)17(3)6-10-15-9-4-5-20-11(9)12(18)16-10/h4-5,7-8H,6,14H2,1-3H3,(H,15,16,18). The molecule has 0 fully saturated rings. The van der Waals surface area contributed by atoms with Crippen LogP contribution >= 0.6 is 11.3 Å². The number of fused-ring (bicyclic) bond motifs is 1. The van der Waals surface area contributed by atoms with E-state index < -0.39 is 0 Å². The van der Waals surface area contributed by atoms with E-state index in [0.29, 0.717) is 16.0 Å². The molecule has 0 saturated carbocycles. The molecule has 0 aliphatic carbocycles. The first kappa shape index (κ1) is 14.7. The highest BCUT2D eigenvalue weighted by Gasteiger charge is 2.21. The highest BCUT2D eigenvalue weighted by Crippen LogP contribution is 2.14. The van der Waals surface area contributed by atoms with E-state index in [4.69, 9.17) is 5.73 Å². The minimum absolute atomic E-state index is 0.0620. The molecule has 0 bridgehead atoms. The molecule has 0 aliphatic heterocycles. The van der Waals surface area contributed by atoms with Crippen LogP contribution in [-0.4, -0.2) is 33.9 Å². The largest absolute Gasteiger partial charge is 0.338 e. The van der Waals surface area contributed by atoms with E-state index >= 15 is 0 Å². The summed E-state index contributed by atoms with van der Waals surface area (Å²) >= 11 is 1.35. The quantitative estimate of drug-likeness (QED) is 0.877. The zero-order chi connectivity index (χ0) is 14.9. The van der Waals surface area contributed by atoms with Gasteiger partial charge in [-0.15, -0.1) is 11.3 Å². The van der Waals surface area contributed by atoms with Crippen molar-refractivity contribution in [3.63, 3.8) is 0 Å². The Morgan fingerprint density at radius 3 is 2.90 bits per heavy atom. The van der Waals surface area contributed by atoms with Crippen molar-refractivity contribution < 1.29 is 4.79 Å². The topological polar surface area (TPSA) is 92.1 Å². The van der Waals surface area contributed by atoms with Crippen molar-refractivity contribution in [2.75, 3.05) is 7.05 Å². The number of nitrogens with one attached hydrogen (secondary N) is 1. The van der Waals surface area contributed by atoms with Crippen LogP contribution in [0.1, 0.15) is 19.7 Å². The monoisotopic (exact) mass is 294 g/mol. The van der Waals surface area contributed by atoms with Gasteiger partial charge in [-0.3, -0.25) is 9.59 Å². The Kier molecular flexibility index (Phi) is 4.20. The van der Waals surface area contributed by atoms with E-state index in [2.05, 4.69) is 9.97 Å². The van der Waals surface area contributed by atoms with Crippen LogP contribution in [0.2, 0.25) is 0 Å². The fraction of sp³-hybridized carbons (Fsp3) is 0.462. The molecule has 108 valence electrons. The number of amides is 1. The number of carbonyl (C=O) groups excluding carboxylic acids is 1. The van der Waals surface area contributed by atoms with Gasteiger partial charge in [0.2, 0.25) is 5.91 Å². The summed E-state index contributed by atoms with van der Waals surface area (Å²) in [5.41, 5.74) is 6.23. The van der Waals surface area contributed by atoms with Gasteiger partial charge in [0.05, 0.1) is 18.0 Å². The molecule has 2 rings (SSSR count).